The van der Waals surface area contributed by atoms with E-state index in [1.807, 2.05) is 60.7 Å². The second-order valence-corrected chi connectivity index (χ2v) is 4.09. The average molecular weight is 380 g/mol. The molecular weight excluding hydrogens is 364 g/mol. The monoisotopic (exact) mass is 381 g/mol. The van der Waals surface area contributed by atoms with Crippen LogP contribution in [0.1, 0.15) is 29.8 Å². The van der Waals surface area contributed by atoms with Crippen LogP contribution in [0.25, 0.3) is 0 Å². The maximum Gasteiger partial charge on any atom is 0.0818 e. The molecule has 2 N–H and O–H groups in total. The molecule has 2 aromatic carbocycles. The number of aliphatic hydroxyl groups excluding tert-OH is 2. The number of hydrogen-bond acceptors (Lipinski definition) is 2. The summed E-state index contributed by atoms with van der Waals surface area (Å²) in [4.78, 5) is 0. The summed E-state index contributed by atoms with van der Waals surface area (Å²) in [5.74, 6) is 0. The molecule has 18 heavy (non-hydrogen) atoms. The molecule has 0 aliphatic carbocycles. The van der Waals surface area contributed by atoms with Crippen LogP contribution in [-0.2, 0) is 0 Å². The zero-order valence-electron chi connectivity index (χ0n) is 9.91. The van der Waals surface area contributed by atoms with Gasteiger partial charge in [0, 0.05) is 55.8 Å². The van der Waals surface area contributed by atoms with Gasteiger partial charge in [0.05, 0.1) is 12.2 Å². The molecule has 0 fully saturated rings. The van der Waals surface area contributed by atoms with Gasteiger partial charge in [-0.1, -0.05) is 60.7 Å². The Bertz CT molecular complexity index is 401. The van der Waals surface area contributed by atoms with Crippen LogP contribution < -0.4 is 0 Å². The molecule has 0 aliphatic rings. The van der Waals surface area contributed by atoms with Crippen LogP contribution >= 0.6 is 0 Å². The van der Waals surface area contributed by atoms with Gasteiger partial charge in [-0.15, -0.1) is 0 Å². The summed E-state index contributed by atoms with van der Waals surface area (Å²) in [5.41, 5.74) is 1.67. The molecule has 1 radical (unpaired) electrons. The normalized spacial score (nSPS) is 13.4. The molecule has 2 rings (SSSR count). The Morgan fingerprint density at radius 2 is 1.00 bits per heavy atom. The topological polar surface area (TPSA) is 40.5 Å². The molecule has 0 spiro atoms. The molecule has 0 heterocycles. The quantitative estimate of drug-likeness (QED) is 0.857. The van der Waals surface area contributed by atoms with Crippen molar-refractivity contribution >= 4 is 0 Å². The van der Waals surface area contributed by atoms with Gasteiger partial charge in [-0.2, -0.15) is 0 Å². The van der Waals surface area contributed by atoms with Crippen LogP contribution in [0.2, 0.25) is 0 Å². The fraction of sp³-hybridized carbons (Fsp3) is 0.200. The molecule has 2 aromatic rings. The fourth-order valence-corrected chi connectivity index (χ4v) is 1.83. The van der Waals surface area contributed by atoms with Gasteiger partial charge in [0.1, 0.15) is 0 Å². The van der Waals surface area contributed by atoms with E-state index in [9.17, 15) is 10.2 Å². The van der Waals surface area contributed by atoms with E-state index in [2.05, 4.69) is 0 Å². The molecule has 95 valence electrons. The van der Waals surface area contributed by atoms with E-state index in [0.29, 0.717) is 6.42 Å². The van der Waals surface area contributed by atoms with Gasteiger partial charge in [-0.05, 0) is 11.1 Å². The Hall–Kier alpha value is -0.0556. The Kier molecular flexibility index (Phi) is 7.27. The Labute approximate surface area is 148 Å². The van der Waals surface area contributed by atoms with Crippen molar-refractivity contribution in [3.8, 4) is 0 Å². The van der Waals surface area contributed by atoms with Crippen molar-refractivity contribution in [3.05, 3.63) is 71.8 Å². The minimum absolute atomic E-state index is 0. The first-order valence-electron chi connectivity index (χ1n) is 5.73. The predicted molar refractivity (Wildman–Crippen MR) is 67.4 cm³/mol. The van der Waals surface area contributed by atoms with Gasteiger partial charge < -0.3 is 10.2 Å². The van der Waals surface area contributed by atoms with Gasteiger partial charge in [0.25, 0.3) is 0 Å². The number of aliphatic hydroxyl groups is 2. The van der Waals surface area contributed by atoms with Gasteiger partial charge in [0.2, 0.25) is 0 Å². The number of rotatable bonds is 4. The third kappa shape index (κ3) is 4.56. The van der Waals surface area contributed by atoms with E-state index in [-0.39, 0.29) is 49.4 Å². The third-order valence-electron chi connectivity index (χ3n) is 2.82. The largest absolute Gasteiger partial charge is 0.388 e. The van der Waals surface area contributed by atoms with E-state index in [4.69, 9.17) is 0 Å². The molecule has 0 aromatic heterocycles. The summed E-state index contributed by atoms with van der Waals surface area (Å²) >= 11 is 0. The van der Waals surface area contributed by atoms with E-state index in [0.717, 1.165) is 11.1 Å². The summed E-state index contributed by atoms with van der Waals surface area (Å²) in [6.07, 6.45) is -0.952. The van der Waals surface area contributed by atoms with Crippen molar-refractivity contribution in [2.24, 2.45) is 0 Å². The van der Waals surface area contributed by atoms with Crippen LogP contribution in [0.4, 0.5) is 0 Å². The molecule has 2 atom stereocenters. The first-order chi connectivity index (χ1) is 8.27. The van der Waals surface area contributed by atoms with E-state index in [1.54, 1.807) is 0 Å². The van der Waals surface area contributed by atoms with Gasteiger partial charge in [0.15, 0.2) is 0 Å². The summed E-state index contributed by atoms with van der Waals surface area (Å²) in [5, 5.41) is 20.0. The van der Waals surface area contributed by atoms with Crippen molar-refractivity contribution in [3.63, 3.8) is 0 Å². The molecule has 0 bridgehead atoms. The molecule has 0 amide bonds. The average Bonchev–Trinajstić information content (AvgIpc) is 2.40. The van der Waals surface area contributed by atoms with Gasteiger partial charge >= 0.3 is 0 Å². The summed E-state index contributed by atoms with van der Waals surface area (Å²) < 4.78 is 0. The Morgan fingerprint density at radius 3 is 1.33 bits per heavy atom. The van der Waals surface area contributed by atoms with Gasteiger partial charge in [-0.25, -0.2) is 0 Å². The molecular formula is C15H16EuO2. The van der Waals surface area contributed by atoms with Crippen LogP contribution in [0, 0.1) is 49.4 Å². The maximum atomic E-state index is 9.99. The van der Waals surface area contributed by atoms with Gasteiger partial charge in [-0.3, -0.25) is 0 Å². The minimum Gasteiger partial charge on any atom is -0.388 e. The van der Waals surface area contributed by atoms with Crippen molar-refractivity contribution in [2.45, 2.75) is 18.6 Å². The molecule has 0 aliphatic heterocycles. The van der Waals surface area contributed by atoms with E-state index in [1.165, 1.54) is 0 Å². The fourth-order valence-electron chi connectivity index (χ4n) is 1.83. The molecule has 0 saturated carbocycles. The van der Waals surface area contributed by atoms with Crippen LogP contribution in [-0.4, -0.2) is 10.2 Å². The number of hydrogen-bond donors (Lipinski definition) is 2. The van der Waals surface area contributed by atoms with Crippen molar-refractivity contribution in [1.29, 1.82) is 0 Å². The SMILES string of the molecule is OC(CC(O)c1ccccc1)c1ccccc1.[Eu]. The van der Waals surface area contributed by atoms with Crippen LogP contribution in [0.3, 0.4) is 0 Å². The molecule has 0 saturated heterocycles. The number of benzene rings is 2. The Balaban J connectivity index is 0.00000162. The molecule has 2 nitrogen and oxygen atoms in total. The second-order valence-electron chi connectivity index (χ2n) is 4.09. The minimum atomic E-state index is -0.633. The first kappa shape index (κ1) is 16.0. The molecule has 2 unspecified atom stereocenters. The summed E-state index contributed by atoms with van der Waals surface area (Å²) in [6, 6.07) is 18.8. The van der Waals surface area contributed by atoms with Crippen molar-refractivity contribution < 1.29 is 59.6 Å². The smallest absolute Gasteiger partial charge is 0.0818 e. The maximum absolute atomic E-state index is 9.99. The molecule has 3 heteroatoms. The Morgan fingerprint density at radius 1 is 0.667 bits per heavy atom. The zero-order valence-corrected chi connectivity index (χ0v) is 12.3. The predicted octanol–water partition coefficient (Wildman–Crippen LogP) is 2.84. The van der Waals surface area contributed by atoms with Crippen molar-refractivity contribution in [1.82, 2.24) is 0 Å². The standard InChI is InChI=1S/C15H16O2.Eu/c16-14(12-7-3-1-4-8-12)11-15(17)13-9-5-2-6-10-13;/h1-10,14-17H,11H2;. The summed E-state index contributed by atoms with van der Waals surface area (Å²) in [6.45, 7) is 0. The van der Waals surface area contributed by atoms with Crippen LogP contribution in [0.5, 0.6) is 0 Å². The third-order valence-corrected chi connectivity index (χ3v) is 2.82. The van der Waals surface area contributed by atoms with Crippen molar-refractivity contribution in [2.75, 3.05) is 0 Å². The zero-order chi connectivity index (χ0) is 12.1. The first-order valence-corrected chi connectivity index (χ1v) is 5.73. The van der Waals surface area contributed by atoms with Crippen LogP contribution in [0.15, 0.2) is 60.7 Å². The van der Waals surface area contributed by atoms with E-state index >= 15 is 0 Å². The summed E-state index contributed by atoms with van der Waals surface area (Å²) in [7, 11) is 0. The second kappa shape index (κ2) is 8.18. The van der Waals surface area contributed by atoms with E-state index < -0.39 is 12.2 Å².